The number of piperidine rings is 1. The molecule has 1 aromatic carbocycles. The van der Waals surface area contributed by atoms with E-state index in [0.717, 1.165) is 25.9 Å². The van der Waals surface area contributed by atoms with E-state index in [-0.39, 0.29) is 12.5 Å². The Balaban J connectivity index is 2.05. The summed E-state index contributed by atoms with van der Waals surface area (Å²) < 4.78 is 0. The summed E-state index contributed by atoms with van der Waals surface area (Å²) in [6.07, 6.45) is 2.16. The maximum absolute atomic E-state index is 9.55. The molecule has 16 heavy (non-hydrogen) atoms. The highest BCUT2D eigenvalue weighted by molar-refractivity contribution is 5.20. The van der Waals surface area contributed by atoms with Crippen LogP contribution in [0.1, 0.15) is 24.3 Å². The van der Waals surface area contributed by atoms with Crippen molar-refractivity contribution in [1.82, 2.24) is 5.01 Å². The zero-order chi connectivity index (χ0) is 11.4. The van der Waals surface area contributed by atoms with Crippen molar-refractivity contribution in [2.24, 2.45) is 11.8 Å². The number of aliphatic hydroxyl groups is 1. The SMILES string of the molecule is NN1CCC([C@@H](CO)c2ccccc2)CC1. The summed E-state index contributed by atoms with van der Waals surface area (Å²) in [5.41, 5.74) is 1.25. The van der Waals surface area contributed by atoms with Crippen LogP contribution in [0.25, 0.3) is 0 Å². The highest BCUT2D eigenvalue weighted by atomic mass is 16.3. The Morgan fingerprint density at radius 2 is 1.88 bits per heavy atom. The molecule has 1 aliphatic rings. The van der Waals surface area contributed by atoms with E-state index in [4.69, 9.17) is 5.84 Å². The standard InChI is InChI=1S/C13H20N2O/c14-15-8-6-12(7-9-15)13(10-16)11-4-2-1-3-5-11/h1-5,12-13,16H,6-10,14H2/t13-/m0/s1. The molecule has 3 heteroatoms. The Hall–Kier alpha value is -0.900. The van der Waals surface area contributed by atoms with Gasteiger partial charge in [0.05, 0.1) is 6.61 Å². The van der Waals surface area contributed by atoms with Gasteiger partial charge in [-0.15, -0.1) is 0 Å². The highest BCUT2D eigenvalue weighted by Gasteiger charge is 2.25. The van der Waals surface area contributed by atoms with Crippen LogP contribution in [0.2, 0.25) is 0 Å². The van der Waals surface area contributed by atoms with Gasteiger partial charge in [-0.25, -0.2) is 5.01 Å². The van der Waals surface area contributed by atoms with Gasteiger partial charge in [0.15, 0.2) is 0 Å². The predicted octanol–water partition coefficient (Wildman–Crippen LogP) is 1.35. The molecule has 0 aliphatic carbocycles. The van der Waals surface area contributed by atoms with Crippen LogP contribution < -0.4 is 5.84 Å². The Morgan fingerprint density at radius 1 is 1.25 bits per heavy atom. The Labute approximate surface area is 96.8 Å². The summed E-state index contributed by atoms with van der Waals surface area (Å²) in [5, 5.41) is 11.4. The summed E-state index contributed by atoms with van der Waals surface area (Å²) in [5.74, 6) is 6.58. The monoisotopic (exact) mass is 220 g/mol. The fourth-order valence-corrected chi connectivity index (χ4v) is 2.55. The smallest absolute Gasteiger partial charge is 0.0502 e. The Kier molecular flexibility index (Phi) is 3.93. The van der Waals surface area contributed by atoms with Gasteiger partial charge in [0.25, 0.3) is 0 Å². The van der Waals surface area contributed by atoms with Crippen molar-refractivity contribution in [3.05, 3.63) is 35.9 Å². The summed E-state index contributed by atoms with van der Waals surface area (Å²) in [7, 11) is 0. The second kappa shape index (κ2) is 5.43. The number of aliphatic hydroxyl groups excluding tert-OH is 1. The van der Waals surface area contributed by atoms with E-state index in [9.17, 15) is 5.11 Å². The van der Waals surface area contributed by atoms with E-state index in [0.29, 0.717) is 5.92 Å². The molecule has 2 rings (SSSR count). The van der Waals surface area contributed by atoms with Crippen molar-refractivity contribution in [3.63, 3.8) is 0 Å². The van der Waals surface area contributed by atoms with Crippen LogP contribution in [0.5, 0.6) is 0 Å². The van der Waals surface area contributed by atoms with E-state index in [1.165, 1.54) is 5.56 Å². The van der Waals surface area contributed by atoms with Crippen molar-refractivity contribution >= 4 is 0 Å². The van der Waals surface area contributed by atoms with Crippen molar-refractivity contribution in [3.8, 4) is 0 Å². The van der Waals surface area contributed by atoms with Crippen LogP contribution >= 0.6 is 0 Å². The first-order valence-electron chi connectivity index (χ1n) is 5.96. The molecule has 1 heterocycles. The van der Waals surface area contributed by atoms with E-state index in [1.807, 2.05) is 23.2 Å². The summed E-state index contributed by atoms with van der Waals surface area (Å²) in [6, 6.07) is 10.3. The number of hydrogen-bond acceptors (Lipinski definition) is 3. The molecule has 3 N–H and O–H groups in total. The van der Waals surface area contributed by atoms with Crippen molar-refractivity contribution < 1.29 is 5.11 Å². The van der Waals surface area contributed by atoms with Gasteiger partial charge in [-0.05, 0) is 24.3 Å². The van der Waals surface area contributed by atoms with Crippen LogP contribution in [-0.4, -0.2) is 29.8 Å². The highest BCUT2D eigenvalue weighted by Crippen LogP contribution is 2.31. The molecular weight excluding hydrogens is 200 g/mol. The number of hydrazine groups is 1. The molecule has 0 amide bonds. The Morgan fingerprint density at radius 3 is 2.44 bits per heavy atom. The lowest BCUT2D eigenvalue weighted by Crippen LogP contribution is -2.40. The van der Waals surface area contributed by atoms with Gasteiger partial charge in [-0.3, -0.25) is 5.84 Å². The van der Waals surface area contributed by atoms with Crippen molar-refractivity contribution in [1.29, 1.82) is 0 Å². The molecule has 1 aliphatic heterocycles. The molecule has 0 spiro atoms. The second-order valence-corrected chi connectivity index (χ2v) is 4.57. The number of nitrogens with zero attached hydrogens (tertiary/aromatic N) is 1. The van der Waals surface area contributed by atoms with E-state index >= 15 is 0 Å². The zero-order valence-corrected chi connectivity index (χ0v) is 9.55. The lowest BCUT2D eigenvalue weighted by Gasteiger charge is -2.33. The maximum Gasteiger partial charge on any atom is 0.0502 e. The average molecular weight is 220 g/mol. The predicted molar refractivity (Wildman–Crippen MR) is 64.8 cm³/mol. The maximum atomic E-state index is 9.55. The summed E-state index contributed by atoms with van der Waals surface area (Å²) in [4.78, 5) is 0. The third-order valence-corrected chi connectivity index (χ3v) is 3.57. The van der Waals surface area contributed by atoms with Crippen molar-refractivity contribution in [2.45, 2.75) is 18.8 Å². The first kappa shape index (κ1) is 11.6. The molecule has 1 saturated heterocycles. The molecule has 0 saturated carbocycles. The van der Waals surface area contributed by atoms with Gasteiger partial charge >= 0.3 is 0 Å². The van der Waals surface area contributed by atoms with Crippen LogP contribution in [-0.2, 0) is 0 Å². The zero-order valence-electron chi connectivity index (χ0n) is 9.55. The lowest BCUT2D eigenvalue weighted by molar-refractivity contribution is 0.140. The average Bonchev–Trinajstić information content (AvgIpc) is 2.34. The van der Waals surface area contributed by atoms with Gasteiger partial charge in [-0.1, -0.05) is 30.3 Å². The topological polar surface area (TPSA) is 49.5 Å². The molecule has 1 aromatic rings. The first-order valence-corrected chi connectivity index (χ1v) is 5.96. The molecule has 0 unspecified atom stereocenters. The minimum Gasteiger partial charge on any atom is -0.396 e. The van der Waals surface area contributed by atoms with E-state index < -0.39 is 0 Å². The second-order valence-electron chi connectivity index (χ2n) is 4.57. The third kappa shape index (κ3) is 2.61. The van der Waals surface area contributed by atoms with Crippen LogP contribution in [0.3, 0.4) is 0 Å². The van der Waals surface area contributed by atoms with Gasteiger partial charge in [-0.2, -0.15) is 0 Å². The number of nitrogens with two attached hydrogens (primary N) is 1. The van der Waals surface area contributed by atoms with Gasteiger partial charge < -0.3 is 5.11 Å². The minimum absolute atomic E-state index is 0.235. The van der Waals surface area contributed by atoms with E-state index in [2.05, 4.69) is 12.1 Å². The normalized spacial score (nSPS) is 20.9. The fourth-order valence-electron chi connectivity index (χ4n) is 2.55. The van der Waals surface area contributed by atoms with Gasteiger partial charge in [0.1, 0.15) is 0 Å². The van der Waals surface area contributed by atoms with Crippen LogP contribution in [0.15, 0.2) is 30.3 Å². The third-order valence-electron chi connectivity index (χ3n) is 3.57. The van der Waals surface area contributed by atoms with Crippen molar-refractivity contribution in [2.75, 3.05) is 19.7 Å². The number of benzene rings is 1. The molecule has 3 nitrogen and oxygen atoms in total. The summed E-state index contributed by atoms with van der Waals surface area (Å²) in [6.45, 7) is 2.11. The summed E-state index contributed by atoms with van der Waals surface area (Å²) >= 11 is 0. The molecule has 88 valence electrons. The van der Waals surface area contributed by atoms with Gasteiger partial charge in [0, 0.05) is 19.0 Å². The van der Waals surface area contributed by atoms with Crippen LogP contribution in [0.4, 0.5) is 0 Å². The minimum atomic E-state index is 0.235. The van der Waals surface area contributed by atoms with Gasteiger partial charge in [0.2, 0.25) is 0 Å². The number of rotatable bonds is 3. The van der Waals surface area contributed by atoms with Crippen LogP contribution in [0, 0.1) is 5.92 Å². The van der Waals surface area contributed by atoms with E-state index in [1.54, 1.807) is 0 Å². The fraction of sp³-hybridized carbons (Fsp3) is 0.538. The molecule has 1 fully saturated rings. The molecular formula is C13H20N2O. The molecule has 0 bridgehead atoms. The molecule has 0 radical (unpaired) electrons. The number of hydrogen-bond donors (Lipinski definition) is 2. The molecule has 0 aromatic heterocycles. The largest absolute Gasteiger partial charge is 0.396 e. The quantitative estimate of drug-likeness (QED) is 0.756. The Bertz CT molecular complexity index is 307. The first-order chi connectivity index (χ1) is 7.81. The molecule has 1 atom stereocenters. The lowest BCUT2D eigenvalue weighted by atomic mass is 9.81.